The number of rotatable bonds is 8. The van der Waals surface area contributed by atoms with Crippen LogP contribution in [0.4, 0.5) is 5.69 Å². The van der Waals surface area contributed by atoms with Gasteiger partial charge in [0.1, 0.15) is 5.75 Å². The van der Waals surface area contributed by atoms with Gasteiger partial charge in [-0.25, -0.2) is 18.6 Å². The van der Waals surface area contributed by atoms with Gasteiger partial charge in [0.05, 0.1) is 16.7 Å². The van der Waals surface area contributed by atoms with Gasteiger partial charge in [-0.05, 0) is 79.2 Å². The Kier molecular flexibility index (Phi) is 8.12. The lowest BCUT2D eigenvalue weighted by Gasteiger charge is -2.11. The molecular formula is C33H27N3O5S. The van der Waals surface area contributed by atoms with Crippen LogP contribution in [0.3, 0.4) is 0 Å². The van der Waals surface area contributed by atoms with Crippen LogP contribution in [0.15, 0.2) is 119 Å². The number of fused-ring (bicyclic) bond motifs is 1. The Hall–Kier alpha value is -5.28. The second-order valence-corrected chi connectivity index (χ2v) is 11.3. The highest BCUT2D eigenvalue weighted by Gasteiger charge is 2.16. The summed E-state index contributed by atoms with van der Waals surface area (Å²) >= 11 is 0. The summed E-state index contributed by atoms with van der Waals surface area (Å²) < 4.78 is 33.5. The van der Waals surface area contributed by atoms with Gasteiger partial charge in [-0.1, -0.05) is 65.7 Å². The van der Waals surface area contributed by atoms with Crippen LogP contribution in [0.1, 0.15) is 37.4 Å². The summed E-state index contributed by atoms with van der Waals surface area (Å²) in [7, 11) is -3.77. The fourth-order valence-corrected chi connectivity index (χ4v) is 5.33. The van der Waals surface area contributed by atoms with E-state index in [4.69, 9.17) is 4.74 Å². The SMILES string of the molecule is Cc1ccc(S(=O)(=O)Nc2ccc(C(=O)N/N=C/c3c(OC(=O)c4cccc(C)c4)ccc4ccccc34)cc2)cc1. The number of carbonyl (C=O) groups is 2. The Bertz CT molecular complexity index is 1920. The minimum atomic E-state index is -3.77. The predicted octanol–water partition coefficient (Wildman–Crippen LogP) is 6.24. The molecule has 0 saturated heterocycles. The first kappa shape index (κ1) is 28.3. The van der Waals surface area contributed by atoms with Crippen molar-refractivity contribution in [1.82, 2.24) is 5.43 Å². The average Bonchev–Trinajstić information content (AvgIpc) is 2.98. The van der Waals surface area contributed by atoms with E-state index in [0.29, 0.717) is 22.6 Å². The Morgan fingerprint density at radius 1 is 0.762 bits per heavy atom. The number of hydrogen-bond donors (Lipinski definition) is 2. The summed E-state index contributed by atoms with van der Waals surface area (Å²) in [5.41, 5.74) is 5.90. The zero-order chi connectivity index (χ0) is 29.7. The number of nitrogens with one attached hydrogen (secondary N) is 2. The molecule has 5 aromatic rings. The highest BCUT2D eigenvalue weighted by Crippen LogP contribution is 2.27. The number of aryl methyl sites for hydroxylation is 2. The zero-order valence-corrected chi connectivity index (χ0v) is 23.7. The molecule has 9 heteroatoms. The predicted molar refractivity (Wildman–Crippen MR) is 164 cm³/mol. The molecule has 0 atom stereocenters. The molecule has 5 rings (SSSR count). The van der Waals surface area contributed by atoms with E-state index in [1.165, 1.54) is 42.6 Å². The van der Waals surface area contributed by atoms with Crippen molar-refractivity contribution in [1.29, 1.82) is 0 Å². The van der Waals surface area contributed by atoms with Crippen LogP contribution in [0.2, 0.25) is 0 Å². The molecule has 210 valence electrons. The van der Waals surface area contributed by atoms with Gasteiger partial charge in [0.2, 0.25) is 0 Å². The average molecular weight is 578 g/mol. The van der Waals surface area contributed by atoms with Crippen molar-refractivity contribution in [2.45, 2.75) is 18.7 Å². The molecule has 0 saturated carbocycles. The molecule has 0 aliphatic heterocycles. The van der Waals surface area contributed by atoms with Gasteiger partial charge < -0.3 is 4.74 Å². The van der Waals surface area contributed by atoms with Crippen LogP contribution in [0, 0.1) is 13.8 Å². The van der Waals surface area contributed by atoms with E-state index in [1.54, 1.807) is 36.4 Å². The van der Waals surface area contributed by atoms with E-state index in [0.717, 1.165) is 21.9 Å². The van der Waals surface area contributed by atoms with E-state index in [9.17, 15) is 18.0 Å². The van der Waals surface area contributed by atoms with Crippen molar-refractivity contribution in [3.8, 4) is 5.75 Å². The summed E-state index contributed by atoms with van der Waals surface area (Å²) in [6, 6.07) is 30.7. The van der Waals surface area contributed by atoms with Crippen molar-refractivity contribution in [2.24, 2.45) is 5.10 Å². The minimum absolute atomic E-state index is 0.140. The van der Waals surface area contributed by atoms with Gasteiger partial charge >= 0.3 is 5.97 Å². The van der Waals surface area contributed by atoms with Crippen LogP contribution in [0.5, 0.6) is 5.75 Å². The van der Waals surface area contributed by atoms with E-state index in [1.807, 2.05) is 50.2 Å². The first-order chi connectivity index (χ1) is 20.2. The molecule has 0 aliphatic rings. The highest BCUT2D eigenvalue weighted by atomic mass is 32.2. The first-order valence-corrected chi connectivity index (χ1v) is 14.5. The molecule has 42 heavy (non-hydrogen) atoms. The summed E-state index contributed by atoms with van der Waals surface area (Å²) in [6.07, 6.45) is 1.43. The van der Waals surface area contributed by atoms with Crippen LogP contribution in [0.25, 0.3) is 10.8 Å². The van der Waals surface area contributed by atoms with Crippen LogP contribution in [-0.2, 0) is 10.0 Å². The molecule has 0 unspecified atom stereocenters. The third-order valence-corrected chi connectivity index (χ3v) is 7.87. The Morgan fingerprint density at radius 3 is 2.24 bits per heavy atom. The van der Waals surface area contributed by atoms with Crippen molar-refractivity contribution < 1.29 is 22.7 Å². The Morgan fingerprint density at radius 2 is 1.50 bits per heavy atom. The number of nitrogens with zero attached hydrogens (tertiary/aromatic N) is 1. The second kappa shape index (κ2) is 12.1. The summed E-state index contributed by atoms with van der Waals surface area (Å²) in [6.45, 7) is 3.77. The molecule has 0 aliphatic carbocycles. The third kappa shape index (κ3) is 6.54. The number of amides is 1. The minimum Gasteiger partial charge on any atom is -0.422 e. The summed E-state index contributed by atoms with van der Waals surface area (Å²) in [5.74, 6) is -0.716. The molecule has 0 spiro atoms. The number of sulfonamides is 1. The van der Waals surface area contributed by atoms with Gasteiger partial charge in [-0.15, -0.1) is 0 Å². The lowest BCUT2D eigenvalue weighted by atomic mass is 10.0. The first-order valence-electron chi connectivity index (χ1n) is 13.0. The number of carbonyl (C=O) groups excluding carboxylic acids is 2. The zero-order valence-electron chi connectivity index (χ0n) is 22.9. The van der Waals surface area contributed by atoms with Gasteiger partial charge in [0.15, 0.2) is 0 Å². The van der Waals surface area contributed by atoms with Crippen molar-refractivity contribution in [2.75, 3.05) is 4.72 Å². The second-order valence-electron chi connectivity index (χ2n) is 9.65. The molecule has 0 bridgehead atoms. The molecule has 0 radical (unpaired) electrons. The third-order valence-electron chi connectivity index (χ3n) is 6.48. The smallest absolute Gasteiger partial charge is 0.343 e. The molecule has 0 aromatic heterocycles. The molecule has 1 amide bonds. The van der Waals surface area contributed by atoms with E-state index in [-0.39, 0.29) is 10.5 Å². The van der Waals surface area contributed by atoms with E-state index < -0.39 is 21.9 Å². The summed E-state index contributed by atoms with van der Waals surface area (Å²) in [5, 5.41) is 5.82. The molecule has 5 aromatic carbocycles. The molecule has 0 heterocycles. The van der Waals surface area contributed by atoms with Gasteiger partial charge in [-0.3, -0.25) is 9.52 Å². The van der Waals surface area contributed by atoms with Crippen LogP contribution >= 0.6 is 0 Å². The number of benzene rings is 5. The number of anilines is 1. The van der Waals surface area contributed by atoms with Gasteiger partial charge in [-0.2, -0.15) is 5.10 Å². The van der Waals surface area contributed by atoms with Gasteiger partial charge in [0, 0.05) is 16.8 Å². The topological polar surface area (TPSA) is 114 Å². The standard InChI is InChI=1S/C33H27N3O5S/c1-22-10-17-28(18-11-22)42(39,40)36-27-15-12-25(13-16-27)32(37)35-34-21-30-29-9-4-3-7-24(29)14-19-31(30)41-33(38)26-8-5-6-23(2)20-26/h3-21,36H,1-2H3,(H,35,37)/b34-21+. The lowest BCUT2D eigenvalue weighted by molar-refractivity contribution is 0.0734. The van der Waals surface area contributed by atoms with Crippen molar-refractivity contribution in [3.63, 3.8) is 0 Å². The van der Waals surface area contributed by atoms with Gasteiger partial charge in [0.25, 0.3) is 15.9 Å². The fraction of sp³-hybridized carbons (Fsp3) is 0.0606. The maximum Gasteiger partial charge on any atom is 0.343 e. The summed E-state index contributed by atoms with van der Waals surface area (Å²) in [4.78, 5) is 25.8. The quantitative estimate of drug-likeness (QED) is 0.0981. The number of hydrazone groups is 1. The number of ether oxygens (including phenoxy) is 1. The highest BCUT2D eigenvalue weighted by molar-refractivity contribution is 7.92. The molecule has 8 nitrogen and oxygen atoms in total. The number of hydrogen-bond acceptors (Lipinski definition) is 6. The maximum absolute atomic E-state index is 12.9. The Balaban J connectivity index is 1.31. The maximum atomic E-state index is 12.9. The lowest BCUT2D eigenvalue weighted by Crippen LogP contribution is -2.18. The van der Waals surface area contributed by atoms with E-state index >= 15 is 0 Å². The van der Waals surface area contributed by atoms with E-state index in [2.05, 4.69) is 15.2 Å². The molecular weight excluding hydrogens is 550 g/mol. The number of esters is 1. The fourth-order valence-electron chi connectivity index (χ4n) is 4.27. The molecule has 2 N–H and O–H groups in total. The largest absolute Gasteiger partial charge is 0.422 e. The van der Waals surface area contributed by atoms with Crippen LogP contribution < -0.4 is 14.9 Å². The normalized spacial score (nSPS) is 11.4. The van der Waals surface area contributed by atoms with Crippen molar-refractivity contribution in [3.05, 3.63) is 137 Å². The van der Waals surface area contributed by atoms with Crippen LogP contribution in [-0.4, -0.2) is 26.5 Å². The van der Waals surface area contributed by atoms with Crippen molar-refractivity contribution >= 4 is 44.6 Å². The Labute approximate surface area is 243 Å². The monoisotopic (exact) mass is 577 g/mol. The molecule has 0 fully saturated rings.